The lowest BCUT2D eigenvalue weighted by atomic mass is 9.99. The van der Waals surface area contributed by atoms with Gasteiger partial charge in [0.05, 0.1) is 0 Å². The zero-order chi connectivity index (χ0) is 44.1. The first-order chi connectivity index (χ1) is 32.7. The molecule has 0 fully saturated rings. The highest BCUT2D eigenvalue weighted by Crippen LogP contribution is 2.40. The second-order valence-electron chi connectivity index (χ2n) is 16.2. The third-order valence-electron chi connectivity index (χ3n) is 12.0. The van der Waals surface area contributed by atoms with Crippen LogP contribution in [-0.2, 0) is 0 Å². The molecule has 0 spiro atoms. The summed E-state index contributed by atoms with van der Waals surface area (Å²) in [5, 5.41) is 0. The van der Waals surface area contributed by atoms with Crippen molar-refractivity contribution in [3.8, 4) is 67.5 Å². The minimum atomic E-state index is 0.844. The molecule has 0 aliphatic carbocycles. The number of nitrogens with zero attached hydrogens (tertiary/aromatic N) is 2. The largest absolute Gasteiger partial charge is 0.456 e. The molecule has 0 saturated heterocycles. The Morgan fingerprint density at radius 1 is 0.167 bits per heavy atom. The van der Waals surface area contributed by atoms with E-state index in [9.17, 15) is 0 Å². The van der Waals surface area contributed by atoms with E-state index in [1.54, 1.807) is 0 Å². The van der Waals surface area contributed by atoms with Gasteiger partial charge in [-0.3, -0.25) is 0 Å². The molecule has 0 saturated carbocycles. The van der Waals surface area contributed by atoms with Gasteiger partial charge < -0.3 is 18.6 Å². The number of benzene rings is 9. The lowest BCUT2D eigenvalue weighted by Crippen LogP contribution is -2.09. The van der Waals surface area contributed by atoms with Gasteiger partial charge in [0.2, 0.25) is 0 Å². The fraction of sp³-hybridized carbons (Fsp3) is 0. The van der Waals surface area contributed by atoms with Crippen molar-refractivity contribution in [3.05, 3.63) is 267 Å². The first-order valence-corrected chi connectivity index (χ1v) is 22.2. The molecule has 0 N–H and O–H groups in total. The Labute approximate surface area is 385 Å². The summed E-state index contributed by atoms with van der Waals surface area (Å²) in [6.07, 6.45) is 0. The molecule has 9 aromatic carbocycles. The number of anilines is 6. The molecule has 11 aromatic rings. The molecule has 2 heterocycles. The molecule has 0 atom stereocenters. The molecule has 0 aliphatic heterocycles. The second-order valence-corrected chi connectivity index (χ2v) is 16.2. The molecule has 314 valence electrons. The molecule has 4 nitrogen and oxygen atoms in total. The van der Waals surface area contributed by atoms with Crippen LogP contribution in [0.5, 0.6) is 0 Å². The van der Waals surface area contributed by atoms with Gasteiger partial charge >= 0.3 is 0 Å². The van der Waals surface area contributed by atoms with E-state index in [-0.39, 0.29) is 0 Å². The van der Waals surface area contributed by atoms with Gasteiger partial charge in [0, 0.05) is 56.4 Å². The van der Waals surface area contributed by atoms with Gasteiger partial charge in [-0.2, -0.15) is 0 Å². The first kappa shape index (κ1) is 40.0. The minimum Gasteiger partial charge on any atom is -0.456 e. The van der Waals surface area contributed by atoms with Crippen molar-refractivity contribution in [3.63, 3.8) is 0 Å². The molecular formula is C62H44N2O2. The van der Waals surface area contributed by atoms with Crippen LogP contribution in [0.25, 0.3) is 67.5 Å². The zero-order valence-corrected chi connectivity index (χ0v) is 36.1. The second kappa shape index (κ2) is 18.1. The van der Waals surface area contributed by atoms with Gasteiger partial charge in [-0.15, -0.1) is 0 Å². The van der Waals surface area contributed by atoms with Crippen LogP contribution in [0.15, 0.2) is 276 Å². The number of hydrogen-bond acceptors (Lipinski definition) is 4. The van der Waals surface area contributed by atoms with E-state index in [1.165, 1.54) is 0 Å². The molecule has 0 amide bonds. The quantitative estimate of drug-likeness (QED) is 0.123. The topological polar surface area (TPSA) is 32.8 Å². The van der Waals surface area contributed by atoms with E-state index in [2.05, 4.69) is 216 Å². The molecule has 4 heteroatoms. The van der Waals surface area contributed by atoms with E-state index < -0.39 is 0 Å². The minimum absolute atomic E-state index is 0.844. The Morgan fingerprint density at radius 2 is 0.364 bits per heavy atom. The molecule has 0 bridgehead atoms. The zero-order valence-electron chi connectivity index (χ0n) is 36.1. The van der Waals surface area contributed by atoms with Crippen molar-refractivity contribution in [2.24, 2.45) is 0 Å². The normalized spacial score (nSPS) is 11.0. The fourth-order valence-corrected chi connectivity index (χ4v) is 8.56. The Bertz CT molecular complexity index is 3060. The maximum atomic E-state index is 6.26. The molecule has 0 aliphatic rings. The molecule has 0 unspecified atom stereocenters. The SMILES string of the molecule is c1ccc(-c2ccc(-c3ccc(N(c4ccccc4)c4ccc(-c5ccc(-c6ccc(N(c7ccccc7)c7ccc(-c8ccc(-c9ccccc9)o8)cc7)cc6)cc5)cc4)cc3)o2)cc1. The summed E-state index contributed by atoms with van der Waals surface area (Å²) in [5.74, 6) is 3.41. The number of para-hydroxylation sites is 2. The number of rotatable bonds is 12. The van der Waals surface area contributed by atoms with Crippen LogP contribution in [0.2, 0.25) is 0 Å². The Morgan fingerprint density at radius 3 is 0.636 bits per heavy atom. The van der Waals surface area contributed by atoms with Crippen molar-refractivity contribution in [2.75, 3.05) is 9.80 Å². The van der Waals surface area contributed by atoms with Crippen LogP contribution in [0, 0.1) is 0 Å². The van der Waals surface area contributed by atoms with Crippen LogP contribution in [0.3, 0.4) is 0 Å². The Hall–Kier alpha value is -8.86. The third-order valence-corrected chi connectivity index (χ3v) is 12.0. The maximum Gasteiger partial charge on any atom is 0.134 e. The highest BCUT2D eigenvalue weighted by molar-refractivity contribution is 5.82. The highest BCUT2D eigenvalue weighted by atomic mass is 16.3. The third kappa shape index (κ3) is 8.35. The Kier molecular flexibility index (Phi) is 10.9. The van der Waals surface area contributed by atoms with E-state index >= 15 is 0 Å². The van der Waals surface area contributed by atoms with Gasteiger partial charge in [-0.1, -0.05) is 146 Å². The average molecular weight is 849 g/mol. The lowest BCUT2D eigenvalue weighted by molar-refractivity contribution is 0.597. The van der Waals surface area contributed by atoms with Crippen molar-refractivity contribution >= 4 is 34.1 Å². The first-order valence-electron chi connectivity index (χ1n) is 22.2. The van der Waals surface area contributed by atoms with Gasteiger partial charge in [0.25, 0.3) is 0 Å². The Balaban J connectivity index is 0.806. The summed E-state index contributed by atoms with van der Waals surface area (Å²) in [4.78, 5) is 4.57. The molecule has 0 radical (unpaired) electrons. The molecule has 2 aromatic heterocycles. The average Bonchev–Trinajstić information content (AvgIpc) is 4.11. The van der Waals surface area contributed by atoms with Crippen LogP contribution in [-0.4, -0.2) is 0 Å². The summed E-state index contributed by atoms with van der Waals surface area (Å²) in [6.45, 7) is 0. The van der Waals surface area contributed by atoms with Gasteiger partial charge in [0.1, 0.15) is 23.0 Å². The standard InChI is InChI=1S/C62H44N2O2/c1-5-13-49(14-6-1)59-41-43-61(65-59)51-29-37-57(38-30-51)63(53-17-9-3-10-18-53)55-33-25-47(26-34-55)45-21-23-46(24-22-45)48-27-35-56(36-28-48)64(54-19-11-4-12-20-54)58-39-31-52(32-40-58)62-44-42-60(66-62)50-15-7-2-8-16-50/h1-44H. The van der Waals surface area contributed by atoms with E-state index in [0.717, 1.165) is 102 Å². The molecule has 66 heavy (non-hydrogen) atoms. The van der Waals surface area contributed by atoms with Crippen molar-refractivity contribution < 1.29 is 8.83 Å². The van der Waals surface area contributed by atoms with Crippen molar-refractivity contribution in [1.29, 1.82) is 0 Å². The van der Waals surface area contributed by atoms with Crippen LogP contribution < -0.4 is 9.80 Å². The van der Waals surface area contributed by atoms with Crippen molar-refractivity contribution in [2.45, 2.75) is 0 Å². The number of furan rings is 2. The summed E-state index contributed by atoms with van der Waals surface area (Å²) in [7, 11) is 0. The molecule has 11 rings (SSSR count). The van der Waals surface area contributed by atoms with Gasteiger partial charge in [-0.25, -0.2) is 0 Å². The summed E-state index contributed by atoms with van der Waals surface area (Å²) >= 11 is 0. The monoisotopic (exact) mass is 848 g/mol. The smallest absolute Gasteiger partial charge is 0.134 e. The predicted molar refractivity (Wildman–Crippen MR) is 273 cm³/mol. The summed E-state index contributed by atoms with van der Waals surface area (Å²) in [6, 6.07) is 93.2. The summed E-state index contributed by atoms with van der Waals surface area (Å²) < 4.78 is 12.5. The van der Waals surface area contributed by atoms with Crippen molar-refractivity contribution in [1.82, 2.24) is 0 Å². The fourth-order valence-electron chi connectivity index (χ4n) is 8.56. The van der Waals surface area contributed by atoms with Crippen LogP contribution >= 0.6 is 0 Å². The van der Waals surface area contributed by atoms with E-state index in [4.69, 9.17) is 8.83 Å². The van der Waals surface area contributed by atoms with Crippen LogP contribution in [0.4, 0.5) is 34.1 Å². The van der Waals surface area contributed by atoms with Gasteiger partial charge in [0.15, 0.2) is 0 Å². The predicted octanol–water partition coefficient (Wildman–Crippen LogP) is 17.8. The van der Waals surface area contributed by atoms with Crippen LogP contribution in [0.1, 0.15) is 0 Å². The van der Waals surface area contributed by atoms with E-state index in [1.807, 2.05) is 60.7 Å². The maximum absolute atomic E-state index is 6.26. The van der Waals surface area contributed by atoms with E-state index in [0.29, 0.717) is 0 Å². The highest BCUT2D eigenvalue weighted by Gasteiger charge is 2.16. The molecular weight excluding hydrogens is 805 g/mol. The number of hydrogen-bond donors (Lipinski definition) is 0. The summed E-state index contributed by atoms with van der Waals surface area (Å²) in [5.41, 5.74) is 15.3. The van der Waals surface area contributed by atoms with Gasteiger partial charge in [-0.05, 0) is 144 Å². The lowest BCUT2D eigenvalue weighted by Gasteiger charge is -2.26.